The van der Waals surface area contributed by atoms with Gasteiger partial charge in [0.25, 0.3) is 0 Å². The van der Waals surface area contributed by atoms with E-state index >= 15 is 0 Å². The van der Waals surface area contributed by atoms with Crippen molar-refractivity contribution >= 4 is 11.9 Å². The lowest BCUT2D eigenvalue weighted by molar-refractivity contribution is -0.143. The fraction of sp³-hybridized carbons (Fsp3) is 0.915. The summed E-state index contributed by atoms with van der Waals surface area (Å²) in [5, 5.41) is 22.9. The maximum absolute atomic E-state index is 12.4. The molecule has 53 heavy (non-hydrogen) atoms. The van der Waals surface area contributed by atoms with E-state index in [1.165, 1.54) is 167 Å². The molecule has 0 aliphatic rings. The van der Waals surface area contributed by atoms with E-state index in [1.807, 2.05) is 6.08 Å². The van der Waals surface area contributed by atoms with Gasteiger partial charge in [0, 0.05) is 12.8 Å². The van der Waals surface area contributed by atoms with E-state index in [4.69, 9.17) is 4.74 Å². The number of unbranched alkanes of at least 4 members (excludes halogenated alkanes) is 32. The summed E-state index contributed by atoms with van der Waals surface area (Å²) in [6.07, 6.45) is 47.7. The number of esters is 1. The summed E-state index contributed by atoms with van der Waals surface area (Å²) in [7, 11) is 0. The lowest BCUT2D eigenvalue weighted by Gasteiger charge is -2.20. The van der Waals surface area contributed by atoms with Gasteiger partial charge >= 0.3 is 5.97 Å². The fourth-order valence-corrected chi connectivity index (χ4v) is 7.16. The molecule has 0 bridgehead atoms. The summed E-state index contributed by atoms with van der Waals surface area (Å²) in [5.74, 6) is -0.102. The second-order valence-electron chi connectivity index (χ2n) is 16.1. The van der Waals surface area contributed by atoms with E-state index in [0.29, 0.717) is 19.4 Å². The molecule has 0 saturated heterocycles. The molecule has 6 nitrogen and oxygen atoms in total. The molecule has 2 unspecified atom stereocenters. The Balaban J connectivity index is 3.46. The number of ether oxygens (including phenoxy) is 1. The first-order chi connectivity index (χ1) is 26.0. The van der Waals surface area contributed by atoms with Crippen LogP contribution in [0.2, 0.25) is 0 Å². The van der Waals surface area contributed by atoms with Crippen molar-refractivity contribution < 1.29 is 24.5 Å². The first-order valence-corrected chi connectivity index (χ1v) is 23.5. The molecule has 0 aliphatic carbocycles. The number of aliphatic hydroxyl groups excluding tert-OH is 2. The maximum atomic E-state index is 12.4. The number of rotatable bonds is 43. The number of carbonyl (C=O) groups excluding carboxylic acids is 2. The van der Waals surface area contributed by atoms with Gasteiger partial charge in [0.2, 0.25) is 5.91 Å². The molecule has 0 aromatic heterocycles. The fourth-order valence-electron chi connectivity index (χ4n) is 7.16. The van der Waals surface area contributed by atoms with Gasteiger partial charge in [-0.05, 0) is 32.1 Å². The molecule has 0 aliphatic heterocycles. The van der Waals surface area contributed by atoms with Gasteiger partial charge in [-0.15, -0.1) is 0 Å². The van der Waals surface area contributed by atoms with E-state index in [0.717, 1.165) is 57.8 Å². The SMILES string of the molecule is CCCCCCCCCC/C=C/C(O)C(CO)NC(=O)CCCCCCCCCCCCCOC(=O)CCCCCCCCCCCCCCCCC. The first kappa shape index (κ1) is 51.6. The maximum Gasteiger partial charge on any atom is 0.305 e. The van der Waals surface area contributed by atoms with Crippen molar-refractivity contribution in [3.8, 4) is 0 Å². The van der Waals surface area contributed by atoms with E-state index in [-0.39, 0.29) is 18.5 Å². The predicted molar refractivity (Wildman–Crippen MR) is 227 cm³/mol. The average Bonchev–Trinajstić information content (AvgIpc) is 3.16. The smallest absolute Gasteiger partial charge is 0.305 e. The molecular weight excluding hydrogens is 659 g/mol. The minimum Gasteiger partial charge on any atom is -0.466 e. The summed E-state index contributed by atoms with van der Waals surface area (Å²) in [6.45, 7) is 4.84. The van der Waals surface area contributed by atoms with Crippen LogP contribution in [0.3, 0.4) is 0 Å². The van der Waals surface area contributed by atoms with Crippen LogP contribution in [-0.4, -0.2) is 47.4 Å². The van der Waals surface area contributed by atoms with Crippen LogP contribution in [0.1, 0.15) is 251 Å². The summed E-state index contributed by atoms with van der Waals surface area (Å²) in [6, 6.07) is -0.638. The number of amides is 1. The second kappa shape index (κ2) is 43.3. The molecule has 3 N–H and O–H groups in total. The van der Waals surface area contributed by atoms with Gasteiger partial charge in [-0.1, -0.05) is 219 Å². The third-order valence-corrected chi connectivity index (χ3v) is 10.8. The Kier molecular flexibility index (Phi) is 42.2. The van der Waals surface area contributed by atoms with Crippen LogP contribution >= 0.6 is 0 Å². The van der Waals surface area contributed by atoms with Crippen molar-refractivity contribution in [2.45, 2.75) is 264 Å². The number of hydrogen-bond acceptors (Lipinski definition) is 5. The molecule has 0 fully saturated rings. The molecular formula is C47H91NO5. The van der Waals surface area contributed by atoms with Gasteiger partial charge in [-0.25, -0.2) is 0 Å². The van der Waals surface area contributed by atoms with Gasteiger partial charge in [-0.3, -0.25) is 9.59 Å². The molecule has 0 radical (unpaired) electrons. The van der Waals surface area contributed by atoms with Gasteiger partial charge in [0.05, 0.1) is 25.4 Å². The lowest BCUT2D eigenvalue weighted by atomic mass is 10.0. The highest BCUT2D eigenvalue weighted by Gasteiger charge is 2.18. The zero-order valence-electron chi connectivity index (χ0n) is 35.5. The third kappa shape index (κ3) is 40.1. The lowest BCUT2D eigenvalue weighted by Crippen LogP contribution is -2.45. The summed E-state index contributed by atoms with van der Waals surface area (Å²) in [4.78, 5) is 24.4. The number of aliphatic hydroxyl groups is 2. The van der Waals surface area contributed by atoms with E-state index in [1.54, 1.807) is 6.08 Å². The normalized spacial score (nSPS) is 12.8. The number of hydrogen-bond donors (Lipinski definition) is 3. The first-order valence-electron chi connectivity index (χ1n) is 23.5. The van der Waals surface area contributed by atoms with Gasteiger partial charge in [0.15, 0.2) is 0 Å². The standard InChI is InChI=1S/C47H91NO5/c1-3-5-7-9-11-13-15-16-17-18-21-25-29-33-37-41-47(52)53-42-38-34-30-26-22-19-20-24-28-32-36-40-46(51)48-44(43-49)45(50)39-35-31-27-23-14-12-10-8-6-4-2/h35,39,44-45,49-50H,3-34,36-38,40-43H2,1-2H3,(H,48,51)/b39-35+. The average molecular weight is 750 g/mol. The van der Waals surface area contributed by atoms with Crippen molar-refractivity contribution in [3.05, 3.63) is 12.2 Å². The van der Waals surface area contributed by atoms with Crippen LogP contribution in [-0.2, 0) is 14.3 Å². The Morgan fingerprint density at radius 1 is 0.509 bits per heavy atom. The Bertz CT molecular complexity index is 787. The zero-order valence-corrected chi connectivity index (χ0v) is 35.5. The molecule has 0 saturated carbocycles. The number of carbonyl (C=O) groups is 2. The number of allylic oxidation sites excluding steroid dienone is 1. The van der Waals surface area contributed by atoms with Crippen LogP contribution in [0.4, 0.5) is 0 Å². The highest BCUT2D eigenvalue weighted by molar-refractivity contribution is 5.76. The molecule has 6 heteroatoms. The Morgan fingerprint density at radius 3 is 1.28 bits per heavy atom. The highest BCUT2D eigenvalue weighted by Crippen LogP contribution is 2.15. The third-order valence-electron chi connectivity index (χ3n) is 10.8. The molecule has 0 heterocycles. The topological polar surface area (TPSA) is 95.9 Å². The Hall–Kier alpha value is -1.40. The van der Waals surface area contributed by atoms with Crippen LogP contribution in [0.15, 0.2) is 12.2 Å². The summed E-state index contributed by atoms with van der Waals surface area (Å²) >= 11 is 0. The van der Waals surface area contributed by atoms with Gasteiger partial charge < -0.3 is 20.3 Å². The molecule has 314 valence electrons. The van der Waals surface area contributed by atoms with Crippen molar-refractivity contribution in [2.24, 2.45) is 0 Å². The largest absolute Gasteiger partial charge is 0.466 e. The van der Waals surface area contributed by atoms with Crippen LogP contribution in [0, 0.1) is 0 Å². The van der Waals surface area contributed by atoms with Gasteiger partial charge in [0.1, 0.15) is 0 Å². The van der Waals surface area contributed by atoms with Gasteiger partial charge in [-0.2, -0.15) is 0 Å². The highest BCUT2D eigenvalue weighted by atomic mass is 16.5. The Labute approximate surface area is 329 Å². The summed E-state index contributed by atoms with van der Waals surface area (Å²) in [5.41, 5.74) is 0. The predicted octanol–water partition coefficient (Wildman–Crippen LogP) is 13.4. The Morgan fingerprint density at radius 2 is 0.868 bits per heavy atom. The van der Waals surface area contributed by atoms with Crippen LogP contribution < -0.4 is 5.32 Å². The van der Waals surface area contributed by atoms with Crippen molar-refractivity contribution in [2.75, 3.05) is 13.2 Å². The quantitative estimate of drug-likeness (QED) is 0.0328. The molecule has 0 rings (SSSR count). The van der Waals surface area contributed by atoms with E-state index < -0.39 is 12.1 Å². The molecule has 0 aromatic carbocycles. The second-order valence-corrected chi connectivity index (χ2v) is 16.1. The number of nitrogens with one attached hydrogen (secondary N) is 1. The van der Waals surface area contributed by atoms with Crippen molar-refractivity contribution in [1.29, 1.82) is 0 Å². The zero-order chi connectivity index (χ0) is 38.7. The summed E-state index contributed by atoms with van der Waals surface area (Å²) < 4.78 is 5.45. The molecule has 2 atom stereocenters. The molecule has 1 amide bonds. The van der Waals surface area contributed by atoms with E-state index in [2.05, 4.69) is 19.2 Å². The minimum absolute atomic E-state index is 0.0132. The minimum atomic E-state index is -0.853. The van der Waals surface area contributed by atoms with E-state index in [9.17, 15) is 19.8 Å². The van der Waals surface area contributed by atoms with Crippen LogP contribution in [0.5, 0.6) is 0 Å². The molecule has 0 spiro atoms. The van der Waals surface area contributed by atoms with Crippen molar-refractivity contribution in [3.63, 3.8) is 0 Å². The van der Waals surface area contributed by atoms with Crippen molar-refractivity contribution in [1.82, 2.24) is 5.32 Å². The van der Waals surface area contributed by atoms with Crippen LogP contribution in [0.25, 0.3) is 0 Å². The monoisotopic (exact) mass is 750 g/mol. The molecule has 0 aromatic rings.